The van der Waals surface area contributed by atoms with Crippen LogP contribution in [0.3, 0.4) is 0 Å². The Morgan fingerprint density at radius 1 is 1.21 bits per heavy atom. The van der Waals surface area contributed by atoms with Crippen molar-refractivity contribution >= 4 is 29.2 Å². The van der Waals surface area contributed by atoms with Crippen LogP contribution < -0.4 is 15.5 Å². The van der Waals surface area contributed by atoms with Crippen LogP contribution >= 0.6 is 0 Å². The van der Waals surface area contributed by atoms with Crippen molar-refractivity contribution in [1.29, 1.82) is 0 Å². The predicted octanol–water partition coefficient (Wildman–Crippen LogP) is 1.41. The van der Waals surface area contributed by atoms with Gasteiger partial charge in [0.15, 0.2) is 17.0 Å². The van der Waals surface area contributed by atoms with Gasteiger partial charge in [-0.2, -0.15) is 0 Å². The van der Waals surface area contributed by atoms with Gasteiger partial charge in [-0.1, -0.05) is 0 Å². The quantitative estimate of drug-likeness (QED) is 0.516. The standard InChI is InChI=1S/C18H16F2N4O4/c1-7-6-24-13-9(4-10(21-3)11(19)12(13)20)5-18(14(24)8(2)28-7)15(25)22-17(27)23-16(18)26/h4,7-8,14H,5-6H2,1-2H3,(H2,22,23,25,26,27)/t7-,8+,14-/m1/s1. The molecule has 0 aliphatic carbocycles. The van der Waals surface area contributed by atoms with Gasteiger partial charge in [0.1, 0.15) is 0 Å². The molecule has 8 nitrogen and oxygen atoms in total. The van der Waals surface area contributed by atoms with Crippen molar-refractivity contribution in [3.05, 3.63) is 34.7 Å². The number of ether oxygens (including phenoxy) is 1. The minimum absolute atomic E-state index is 0.0833. The number of morpholine rings is 1. The Morgan fingerprint density at radius 3 is 2.46 bits per heavy atom. The van der Waals surface area contributed by atoms with E-state index in [-0.39, 0.29) is 30.3 Å². The van der Waals surface area contributed by atoms with E-state index in [9.17, 15) is 23.2 Å². The zero-order valence-electron chi connectivity index (χ0n) is 15.0. The number of amides is 4. The molecule has 0 radical (unpaired) electrons. The van der Waals surface area contributed by atoms with E-state index >= 15 is 0 Å². The van der Waals surface area contributed by atoms with Crippen LogP contribution in [0.15, 0.2) is 6.07 Å². The molecule has 3 atom stereocenters. The number of anilines is 1. The maximum atomic E-state index is 14.9. The van der Waals surface area contributed by atoms with Gasteiger partial charge in [-0.15, -0.1) is 0 Å². The van der Waals surface area contributed by atoms with E-state index in [0.29, 0.717) is 0 Å². The summed E-state index contributed by atoms with van der Waals surface area (Å²) in [7, 11) is 0. The largest absolute Gasteiger partial charge is 0.372 e. The second-order valence-electron chi connectivity index (χ2n) is 7.28. The van der Waals surface area contributed by atoms with E-state index in [1.807, 2.05) is 0 Å². The number of urea groups is 1. The number of nitrogens with zero attached hydrogens (tertiary/aromatic N) is 2. The molecule has 0 bridgehead atoms. The molecule has 0 saturated carbocycles. The molecule has 2 fully saturated rings. The van der Waals surface area contributed by atoms with Crippen molar-refractivity contribution in [2.75, 3.05) is 11.4 Å². The molecule has 28 heavy (non-hydrogen) atoms. The third-order valence-corrected chi connectivity index (χ3v) is 5.57. The Kier molecular flexibility index (Phi) is 3.90. The van der Waals surface area contributed by atoms with Gasteiger partial charge in [0.05, 0.1) is 30.5 Å². The molecule has 146 valence electrons. The lowest BCUT2D eigenvalue weighted by atomic mass is 9.66. The van der Waals surface area contributed by atoms with Gasteiger partial charge in [0.2, 0.25) is 17.5 Å². The summed E-state index contributed by atoms with van der Waals surface area (Å²) in [6.07, 6.45) is -1.37. The van der Waals surface area contributed by atoms with Crippen LogP contribution in [-0.2, 0) is 20.7 Å². The fourth-order valence-corrected chi connectivity index (χ4v) is 4.60. The number of hydrogen-bond acceptors (Lipinski definition) is 5. The van der Waals surface area contributed by atoms with Gasteiger partial charge >= 0.3 is 6.03 Å². The van der Waals surface area contributed by atoms with E-state index in [4.69, 9.17) is 11.3 Å². The zero-order chi connectivity index (χ0) is 20.4. The van der Waals surface area contributed by atoms with Crippen LogP contribution in [0.5, 0.6) is 0 Å². The Morgan fingerprint density at radius 2 is 1.86 bits per heavy atom. The number of carbonyl (C=O) groups excluding carboxylic acids is 3. The third kappa shape index (κ3) is 2.26. The summed E-state index contributed by atoms with van der Waals surface area (Å²) in [4.78, 5) is 41.8. The molecule has 3 heterocycles. The molecule has 1 aromatic rings. The fourth-order valence-electron chi connectivity index (χ4n) is 4.60. The lowest BCUT2D eigenvalue weighted by Crippen LogP contribution is -2.75. The van der Waals surface area contributed by atoms with E-state index in [2.05, 4.69) is 15.5 Å². The summed E-state index contributed by atoms with van der Waals surface area (Å²) >= 11 is 0. The van der Waals surface area contributed by atoms with Crippen molar-refractivity contribution in [1.82, 2.24) is 10.6 Å². The van der Waals surface area contributed by atoms with Crippen molar-refractivity contribution < 1.29 is 27.9 Å². The van der Waals surface area contributed by atoms with E-state index in [0.717, 1.165) is 6.07 Å². The first-order valence-electron chi connectivity index (χ1n) is 8.68. The summed E-state index contributed by atoms with van der Waals surface area (Å²) in [5.41, 5.74) is -2.25. The van der Waals surface area contributed by atoms with Crippen molar-refractivity contribution in [2.24, 2.45) is 5.41 Å². The number of carbonyl (C=O) groups is 3. The van der Waals surface area contributed by atoms with Crippen LogP contribution in [0.4, 0.5) is 25.0 Å². The van der Waals surface area contributed by atoms with Gasteiger partial charge in [0, 0.05) is 6.54 Å². The topological polar surface area (TPSA) is 92.1 Å². The predicted molar refractivity (Wildman–Crippen MR) is 91.6 cm³/mol. The molecule has 4 amide bonds. The smallest absolute Gasteiger partial charge is 0.328 e. The lowest BCUT2D eigenvalue weighted by Gasteiger charge is -2.55. The van der Waals surface area contributed by atoms with Crippen LogP contribution in [0.2, 0.25) is 0 Å². The highest BCUT2D eigenvalue weighted by molar-refractivity contribution is 6.20. The normalized spacial score (nSPS) is 28.2. The minimum Gasteiger partial charge on any atom is -0.372 e. The molecule has 0 unspecified atom stereocenters. The first-order chi connectivity index (χ1) is 13.2. The lowest BCUT2D eigenvalue weighted by molar-refractivity contribution is -0.153. The van der Waals surface area contributed by atoms with Crippen molar-refractivity contribution in [2.45, 2.75) is 38.5 Å². The van der Waals surface area contributed by atoms with Gasteiger partial charge in [-0.25, -0.2) is 18.4 Å². The molecule has 10 heteroatoms. The molecule has 4 rings (SSSR count). The second kappa shape index (κ2) is 5.97. The molecule has 0 aromatic heterocycles. The van der Waals surface area contributed by atoms with Crippen LogP contribution in [0.1, 0.15) is 19.4 Å². The number of rotatable bonds is 0. The summed E-state index contributed by atoms with van der Waals surface area (Å²) in [5, 5.41) is 4.20. The molecule has 2 N–H and O–H groups in total. The van der Waals surface area contributed by atoms with Crippen molar-refractivity contribution in [3.8, 4) is 0 Å². The Balaban J connectivity index is 1.99. The summed E-state index contributed by atoms with van der Waals surface area (Å²) in [6.45, 7) is 10.5. The number of benzene rings is 1. The third-order valence-electron chi connectivity index (χ3n) is 5.57. The van der Waals surface area contributed by atoms with Gasteiger partial charge in [0.25, 0.3) is 0 Å². The number of barbiturate groups is 1. The Labute approximate surface area is 158 Å². The molecular formula is C18H16F2N4O4. The maximum Gasteiger partial charge on any atom is 0.328 e. The highest BCUT2D eigenvalue weighted by atomic mass is 19.2. The molecule has 1 spiro atoms. The number of imide groups is 2. The van der Waals surface area contributed by atoms with Gasteiger partial charge < -0.3 is 9.64 Å². The maximum absolute atomic E-state index is 14.9. The van der Waals surface area contributed by atoms with Crippen LogP contribution in [0, 0.1) is 23.6 Å². The second-order valence-corrected chi connectivity index (χ2v) is 7.28. The zero-order valence-corrected chi connectivity index (χ0v) is 15.0. The molecule has 3 aliphatic rings. The first kappa shape index (κ1) is 18.3. The van der Waals surface area contributed by atoms with Gasteiger partial charge in [-0.3, -0.25) is 20.2 Å². The van der Waals surface area contributed by atoms with Crippen molar-refractivity contribution in [3.63, 3.8) is 0 Å². The van der Waals surface area contributed by atoms with E-state index in [1.54, 1.807) is 13.8 Å². The fraction of sp³-hybridized carbons (Fsp3) is 0.444. The first-order valence-corrected chi connectivity index (χ1v) is 8.68. The Bertz CT molecular complexity index is 953. The highest BCUT2D eigenvalue weighted by Gasteiger charge is 2.63. The number of halogens is 2. The monoisotopic (exact) mass is 390 g/mol. The number of fused-ring (bicyclic) bond motifs is 4. The molecule has 3 aliphatic heterocycles. The van der Waals surface area contributed by atoms with Crippen LogP contribution in [-0.4, -0.2) is 42.6 Å². The molecule has 2 saturated heterocycles. The van der Waals surface area contributed by atoms with Gasteiger partial charge in [-0.05, 0) is 31.9 Å². The molecular weight excluding hydrogens is 374 g/mol. The number of hydrogen-bond donors (Lipinski definition) is 2. The number of nitrogens with one attached hydrogen (secondary N) is 2. The van der Waals surface area contributed by atoms with Crippen LogP contribution in [0.25, 0.3) is 4.85 Å². The highest BCUT2D eigenvalue weighted by Crippen LogP contribution is 2.49. The van der Waals surface area contributed by atoms with E-state index in [1.165, 1.54) is 4.90 Å². The summed E-state index contributed by atoms with van der Waals surface area (Å²) < 4.78 is 35.0. The minimum atomic E-state index is -1.79. The summed E-state index contributed by atoms with van der Waals surface area (Å²) in [5.74, 6) is -4.14. The average Bonchev–Trinajstić information content (AvgIpc) is 2.61. The Hall–Kier alpha value is -3.06. The van der Waals surface area contributed by atoms with E-state index < -0.39 is 52.7 Å². The SMILES string of the molecule is [C-]#[N+]c1cc2c(c(F)c1F)N1C[C@@H](C)O[C@@H](C)[C@@H]1C1(C2)C(=O)NC(=O)NC1=O. The average molecular weight is 390 g/mol. The summed E-state index contributed by atoms with van der Waals surface area (Å²) in [6, 6.07) is -0.750. The molecule has 1 aromatic carbocycles.